The molecule has 29 heavy (non-hydrogen) atoms. The molecule has 2 aliphatic heterocycles. The van der Waals surface area contributed by atoms with E-state index in [2.05, 4.69) is 5.32 Å². The minimum absolute atomic E-state index is 0.0802. The fourth-order valence-electron chi connectivity index (χ4n) is 4.73. The molecule has 0 atom stereocenters. The second-order valence-corrected chi connectivity index (χ2v) is 9.76. The van der Waals surface area contributed by atoms with Crippen LogP contribution in [0, 0.1) is 0 Å². The van der Waals surface area contributed by atoms with Crippen molar-refractivity contribution in [3.63, 3.8) is 0 Å². The number of carbonyl (C=O) groups excluding carboxylic acids is 2. The molecule has 0 bridgehead atoms. The molecule has 156 valence electrons. The maximum Gasteiger partial charge on any atom is 0.317 e. The van der Waals surface area contributed by atoms with Crippen LogP contribution >= 0.6 is 11.8 Å². The molecule has 0 unspecified atom stereocenters. The van der Waals surface area contributed by atoms with E-state index in [4.69, 9.17) is 0 Å². The van der Waals surface area contributed by atoms with Crippen LogP contribution in [0.2, 0.25) is 0 Å². The van der Waals surface area contributed by atoms with Gasteiger partial charge in [0.1, 0.15) is 0 Å². The van der Waals surface area contributed by atoms with Crippen LogP contribution in [-0.2, 0) is 4.79 Å². The number of hydrogen-bond donors (Lipinski definition) is 1. The first-order valence-electron chi connectivity index (χ1n) is 10.9. The Labute approximate surface area is 177 Å². The molecule has 0 radical (unpaired) electrons. The molecule has 1 aliphatic carbocycles. The Kier molecular flexibility index (Phi) is 6.48. The van der Waals surface area contributed by atoms with Crippen molar-refractivity contribution >= 4 is 29.8 Å². The van der Waals surface area contributed by atoms with Gasteiger partial charge in [-0.05, 0) is 37.3 Å². The van der Waals surface area contributed by atoms with E-state index in [-0.39, 0.29) is 16.8 Å². The van der Waals surface area contributed by atoms with E-state index in [1.54, 1.807) is 6.08 Å². The maximum absolute atomic E-state index is 12.9. The van der Waals surface area contributed by atoms with Gasteiger partial charge in [0.15, 0.2) is 0 Å². The lowest BCUT2D eigenvalue weighted by Crippen LogP contribution is -2.55. The van der Waals surface area contributed by atoms with Crippen molar-refractivity contribution in [2.75, 3.05) is 25.4 Å². The predicted octanol–water partition coefficient (Wildman–Crippen LogP) is 4.11. The minimum atomic E-state index is -0.153. The second-order valence-electron chi connectivity index (χ2n) is 8.30. The number of nitrogens with zero attached hydrogens (tertiary/aromatic N) is 2. The number of carbonyl (C=O) groups is 2. The van der Waals surface area contributed by atoms with Crippen LogP contribution in [0.5, 0.6) is 0 Å². The molecule has 3 amide bonds. The molecule has 4 rings (SSSR count). The highest BCUT2D eigenvalue weighted by Crippen LogP contribution is 2.44. The van der Waals surface area contributed by atoms with Gasteiger partial charge in [0.2, 0.25) is 5.91 Å². The largest absolute Gasteiger partial charge is 0.335 e. The Bertz CT molecular complexity index is 738. The summed E-state index contributed by atoms with van der Waals surface area (Å²) in [5.74, 6) is 1.05. The van der Waals surface area contributed by atoms with Gasteiger partial charge in [-0.15, -0.1) is 11.8 Å². The van der Waals surface area contributed by atoms with Crippen LogP contribution in [0.25, 0.3) is 6.08 Å². The molecule has 3 fully saturated rings. The number of thioether (sulfide) groups is 1. The Morgan fingerprint density at radius 3 is 2.48 bits per heavy atom. The molecule has 1 N–H and O–H groups in total. The summed E-state index contributed by atoms with van der Waals surface area (Å²) in [7, 11) is 0. The Balaban J connectivity index is 1.33. The number of urea groups is 1. The fraction of sp³-hybridized carbons (Fsp3) is 0.565. The van der Waals surface area contributed by atoms with E-state index >= 15 is 0 Å². The van der Waals surface area contributed by atoms with Gasteiger partial charge in [0, 0.05) is 37.5 Å². The Morgan fingerprint density at radius 2 is 1.76 bits per heavy atom. The molecule has 2 saturated heterocycles. The topological polar surface area (TPSA) is 52.7 Å². The Hall–Kier alpha value is -1.95. The predicted molar refractivity (Wildman–Crippen MR) is 119 cm³/mol. The van der Waals surface area contributed by atoms with Gasteiger partial charge in [-0.2, -0.15) is 0 Å². The van der Waals surface area contributed by atoms with E-state index in [0.29, 0.717) is 6.04 Å². The lowest BCUT2D eigenvalue weighted by Gasteiger charge is -2.44. The summed E-state index contributed by atoms with van der Waals surface area (Å²) in [4.78, 5) is 29.4. The number of amides is 3. The van der Waals surface area contributed by atoms with Crippen molar-refractivity contribution in [1.29, 1.82) is 0 Å². The number of benzene rings is 1. The SMILES string of the molecule is O=C(NC1CCCCC1)N1CCC2(CC1)SCCN2C(=O)/C=C/c1ccccc1. The summed E-state index contributed by atoms with van der Waals surface area (Å²) in [6, 6.07) is 10.4. The van der Waals surface area contributed by atoms with Crippen molar-refractivity contribution in [2.45, 2.75) is 55.9 Å². The first-order valence-corrected chi connectivity index (χ1v) is 11.9. The van der Waals surface area contributed by atoms with E-state index in [1.807, 2.05) is 58.0 Å². The molecule has 0 aromatic heterocycles. The van der Waals surface area contributed by atoms with Crippen LogP contribution in [-0.4, -0.2) is 58.0 Å². The molecular formula is C23H31N3O2S. The number of likely N-dealkylation sites (tertiary alicyclic amines) is 1. The molecule has 1 aromatic carbocycles. The summed E-state index contributed by atoms with van der Waals surface area (Å²) in [5.41, 5.74) is 1.04. The molecule has 6 heteroatoms. The fourth-order valence-corrected chi connectivity index (χ4v) is 6.19. The average molecular weight is 414 g/mol. The van der Waals surface area contributed by atoms with Gasteiger partial charge in [0.05, 0.1) is 4.87 Å². The monoisotopic (exact) mass is 413 g/mol. The third kappa shape index (κ3) is 4.80. The summed E-state index contributed by atoms with van der Waals surface area (Å²) in [5, 5.41) is 3.23. The zero-order valence-electron chi connectivity index (χ0n) is 17.0. The quantitative estimate of drug-likeness (QED) is 0.759. The lowest BCUT2D eigenvalue weighted by atomic mass is 9.95. The van der Waals surface area contributed by atoms with Gasteiger partial charge >= 0.3 is 6.03 Å². The highest BCUT2D eigenvalue weighted by atomic mass is 32.2. The van der Waals surface area contributed by atoms with Crippen molar-refractivity contribution < 1.29 is 9.59 Å². The number of nitrogens with one attached hydrogen (secondary N) is 1. The Morgan fingerprint density at radius 1 is 1.03 bits per heavy atom. The summed E-state index contributed by atoms with van der Waals surface area (Å²) in [6.07, 6.45) is 11.2. The molecule has 2 heterocycles. The first kappa shape index (κ1) is 20.3. The molecule has 1 aromatic rings. The van der Waals surface area contributed by atoms with Crippen LogP contribution in [0.1, 0.15) is 50.5 Å². The smallest absolute Gasteiger partial charge is 0.317 e. The van der Waals surface area contributed by atoms with Gasteiger partial charge in [-0.3, -0.25) is 4.79 Å². The normalized spacial score (nSPS) is 22.3. The van der Waals surface area contributed by atoms with Crippen LogP contribution < -0.4 is 5.32 Å². The summed E-state index contributed by atoms with van der Waals surface area (Å²) < 4.78 is 0. The molecule has 1 saturated carbocycles. The summed E-state index contributed by atoms with van der Waals surface area (Å²) >= 11 is 1.89. The third-order valence-electron chi connectivity index (χ3n) is 6.43. The highest BCUT2D eigenvalue weighted by Gasteiger charge is 2.46. The van der Waals surface area contributed by atoms with Crippen molar-refractivity contribution in [2.24, 2.45) is 0 Å². The standard InChI is InChI=1S/C23H31N3O2S/c27-21(12-11-19-7-3-1-4-8-19)26-17-18-29-23(26)13-15-25(16-14-23)22(28)24-20-9-5-2-6-10-20/h1,3-4,7-8,11-12,20H,2,5-6,9-10,13-18H2,(H,24,28)/b12-11+. The number of rotatable bonds is 3. The maximum atomic E-state index is 12.9. The van der Waals surface area contributed by atoms with Gasteiger partial charge in [0.25, 0.3) is 0 Å². The van der Waals surface area contributed by atoms with E-state index in [9.17, 15) is 9.59 Å². The van der Waals surface area contributed by atoms with Crippen LogP contribution in [0.3, 0.4) is 0 Å². The van der Waals surface area contributed by atoms with Gasteiger partial charge < -0.3 is 15.1 Å². The zero-order chi connectivity index (χ0) is 20.1. The van der Waals surface area contributed by atoms with E-state index in [1.165, 1.54) is 19.3 Å². The van der Waals surface area contributed by atoms with Crippen molar-refractivity contribution in [1.82, 2.24) is 15.1 Å². The van der Waals surface area contributed by atoms with Crippen LogP contribution in [0.4, 0.5) is 4.79 Å². The van der Waals surface area contributed by atoms with E-state index in [0.717, 1.165) is 56.6 Å². The zero-order valence-corrected chi connectivity index (χ0v) is 17.8. The third-order valence-corrected chi connectivity index (χ3v) is 7.98. The van der Waals surface area contributed by atoms with Gasteiger partial charge in [-0.1, -0.05) is 49.6 Å². The molecule has 1 spiro atoms. The summed E-state index contributed by atoms with van der Waals surface area (Å²) in [6.45, 7) is 2.23. The molecular weight excluding hydrogens is 382 g/mol. The molecule has 3 aliphatic rings. The van der Waals surface area contributed by atoms with Gasteiger partial charge in [-0.25, -0.2) is 4.79 Å². The minimum Gasteiger partial charge on any atom is -0.335 e. The van der Waals surface area contributed by atoms with E-state index < -0.39 is 0 Å². The first-order chi connectivity index (χ1) is 14.2. The number of piperidine rings is 1. The van der Waals surface area contributed by atoms with Crippen molar-refractivity contribution in [3.05, 3.63) is 42.0 Å². The van der Waals surface area contributed by atoms with Crippen LogP contribution in [0.15, 0.2) is 36.4 Å². The second kappa shape index (κ2) is 9.24. The average Bonchev–Trinajstić information content (AvgIpc) is 3.17. The highest BCUT2D eigenvalue weighted by molar-refractivity contribution is 8.00. The molecule has 5 nitrogen and oxygen atoms in total. The number of hydrogen-bond acceptors (Lipinski definition) is 3. The van der Waals surface area contributed by atoms with Crippen molar-refractivity contribution in [3.8, 4) is 0 Å². The lowest BCUT2D eigenvalue weighted by molar-refractivity contribution is -0.129.